The number of benzene rings is 2. The summed E-state index contributed by atoms with van der Waals surface area (Å²) in [7, 11) is 1.60. The second kappa shape index (κ2) is 8.80. The number of nitrogens with zero attached hydrogens (tertiary/aromatic N) is 1. The monoisotopic (exact) mass is 412 g/mol. The molecule has 0 radical (unpaired) electrons. The number of hydrogen-bond donors (Lipinski definition) is 1. The van der Waals surface area contributed by atoms with Gasteiger partial charge in [0.05, 0.1) is 5.57 Å². The first-order valence-corrected chi connectivity index (χ1v) is 9.91. The van der Waals surface area contributed by atoms with E-state index in [9.17, 15) is 9.59 Å². The molecule has 0 fully saturated rings. The normalized spacial score (nSPS) is 14.2. The molecule has 0 bridgehead atoms. The lowest BCUT2D eigenvalue weighted by Crippen LogP contribution is -2.33. The van der Waals surface area contributed by atoms with Crippen LogP contribution in [0.4, 0.5) is 5.69 Å². The number of hydrogen-bond acceptors (Lipinski definition) is 4. The molecule has 29 heavy (non-hydrogen) atoms. The van der Waals surface area contributed by atoms with Gasteiger partial charge in [0, 0.05) is 31.0 Å². The van der Waals surface area contributed by atoms with Gasteiger partial charge in [-0.05, 0) is 61.6 Å². The second-order valence-corrected chi connectivity index (χ2v) is 7.65. The zero-order chi connectivity index (χ0) is 21.1. The minimum absolute atomic E-state index is 0.274. The van der Waals surface area contributed by atoms with E-state index in [1.807, 2.05) is 51.1 Å². The first-order valence-electron chi connectivity index (χ1n) is 9.53. The highest BCUT2D eigenvalue weighted by atomic mass is 35.5. The number of carbonyl (C=O) groups excluding carboxylic acids is 2. The lowest BCUT2D eigenvalue weighted by atomic mass is 9.99. The molecule has 0 saturated carbocycles. The molecule has 0 saturated heterocycles. The quantitative estimate of drug-likeness (QED) is 0.537. The zero-order valence-corrected chi connectivity index (χ0v) is 17.9. The molecule has 152 valence electrons. The maximum atomic E-state index is 13.2. The number of anilines is 1. The molecule has 5 nitrogen and oxygen atoms in total. The molecular formula is C23H25ClN2O3. The van der Waals surface area contributed by atoms with Crippen LogP contribution >= 0.6 is 11.6 Å². The summed E-state index contributed by atoms with van der Waals surface area (Å²) in [4.78, 5) is 27.6. The maximum Gasteiger partial charge on any atom is 0.278 e. The summed E-state index contributed by atoms with van der Waals surface area (Å²) >= 11 is 6.24. The summed E-state index contributed by atoms with van der Waals surface area (Å²) in [6.07, 6.45) is 0.581. The average Bonchev–Trinajstić information content (AvgIpc) is 2.91. The fourth-order valence-corrected chi connectivity index (χ4v) is 3.42. The third kappa shape index (κ3) is 4.36. The summed E-state index contributed by atoms with van der Waals surface area (Å²) in [6.45, 7) is 6.70. The highest BCUT2D eigenvalue weighted by Crippen LogP contribution is 2.32. The highest BCUT2D eigenvalue weighted by Gasteiger charge is 2.39. The molecule has 2 amide bonds. The molecule has 1 aliphatic heterocycles. The Labute approximate surface area is 176 Å². The van der Waals surface area contributed by atoms with Crippen molar-refractivity contribution in [3.05, 3.63) is 69.4 Å². The van der Waals surface area contributed by atoms with E-state index < -0.39 is 0 Å². The Morgan fingerprint density at radius 3 is 2.34 bits per heavy atom. The molecule has 1 heterocycles. The molecule has 0 aromatic heterocycles. The van der Waals surface area contributed by atoms with Crippen LogP contribution in [-0.4, -0.2) is 37.0 Å². The summed E-state index contributed by atoms with van der Waals surface area (Å²) in [5, 5.41) is 3.74. The van der Waals surface area contributed by atoms with Crippen molar-refractivity contribution in [2.45, 2.75) is 27.2 Å². The molecule has 1 aliphatic rings. The third-order valence-electron chi connectivity index (χ3n) is 5.13. The molecular weight excluding hydrogens is 388 g/mol. The van der Waals surface area contributed by atoms with E-state index in [1.165, 1.54) is 4.90 Å². The van der Waals surface area contributed by atoms with Gasteiger partial charge in [-0.25, -0.2) is 0 Å². The largest absolute Gasteiger partial charge is 0.385 e. The van der Waals surface area contributed by atoms with E-state index in [-0.39, 0.29) is 17.5 Å². The van der Waals surface area contributed by atoms with Crippen molar-refractivity contribution >= 4 is 34.7 Å². The number of ether oxygens (including phenoxy) is 1. The molecule has 6 heteroatoms. The van der Waals surface area contributed by atoms with Crippen LogP contribution in [0.1, 0.15) is 28.7 Å². The van der Waals surface area contributed by atoms with Gasteiger partial charge in [0.1, 0.15) is 5.70 Å². The summed E-state index contributed by atoms with van der Waals surface area (Å²) < 4.78 is 5.07. The molecule has 2 aromatic carbocycles. The maximum absolute atomic E-state index is 13.2. The molecule has 0 atom stereocenters. The smallest absolute Gasteiger partial charge is 0.278 e. The van der Waals surface area contributed by atoms with Crippen molar-refractivity contribution < 1.29 is 14.3 Å². The SMILES string of the molecule is COCCCN1C(=O)C(Nc2ccc(C)c(Cl)c2)=C(c2ccc(C)c(C)c2)C1=O. The van der Waals surface area contributed by atoms with Gasteiger partial charge in [0.2, 0.25) is 0 Å². The lowest BCUT2D eigenvalue weighted by molar-refractivity contribution is -0.136. The van der Waals surface area contributed by atoms with Crippen LogP contribution in [0.25, 0.3) is 5.57 Å². The van der Waals surface area contributed by atoms with Crippen molar-refractivity contribution in [2.75, 3.05) is 25.6 Å². The van der Waals surface area contributed by atoms with Gasteiger partial charge in [-0.3, -0.25) is 14.5 Å². The Bertz CT molecular complexity index is 998. The fraction of sp³-hybridized carbons (Fsp3) is 0.304. The first kappa shape index (κ1) is 21.1. The second-order valence-electron chi connectivity index (χ2n) is 7.25. The van der Waals surface area contributed by atoms with Gasteiger partial charge in [0.25, 0.3) is 11.8 Å². The van der Waals surface area contributed by atoms with E-state index in [2.05, 4.69) is 5.32 Å². The van der Waals surface area contributed by atoms with E-state index >= 15 is 0 Å². The summed E-state index contributed by atoms with van der Waals surface area (Å²) in [5.41, 5.74) is 5.17. The van der Waals surface area contributed by atoms with E-state index in [0.717, 1.165) is 22.3 Å². The summed E-state index contributed by atoms with van der Waals surface area (Å²) in [6, 6.07) is 11.3. The van der Waals surface area contributed by atoms with Gasteiger partial charge >= 0.3 is 0 Å². The van der Waals surface area contributed by atoms with Crippen LogP contribution < -0.4 is 5.32 Å². The predicted octanol–water partition coefficient (Wildman–Crippen LogP) is 4.49. The van der Waals surface area contributed by atoms with Crippen LogP contribution in [0.15, 0.2) is 42.1 Å². The van der Waals surface area contributed by atoms with Crippen molar-refractivity contribution in [2.24, 2.45) is 0 Å². The van der Waals surface area contributed by atoms with E-state index in [1.54, 1.807) is 13.2 Å². The predicted molar refractivity (Wildman–Crippen MR) is 116 cm³/mol. The highest BCUT2D eigenvalue weighted by molar-refractivity contribution is 6.36. The standard InChI is InChI=1S/C23H25ClN2O3/c1-14-6-8-17(12-16(14)3)20-21(25-18-9-7-15(2)19(24)13-18)23(28)26(22(20)27)10-5-11-29-4/h6-9,12-13,25H,5,10-11H2,1-4H3. The summed E-state index contributed by atoms with van der Waals surface area (Å²) in [5.74, 6) is -0.633. The Kier molecular flexibility index (Phi) is 6.40. The number of carbonyl (C=O) groups is 2. The molecule has 0 unspecified atom stereocenters. The van der Waals surface area contributed by atoms with Crippen molar-refractivity contribution in [3.63, 3.8) is 0 Å². The number of halogens is 1. The first-order chi connectivity index (χ1) is 13.8. The van der Waals surface area contributed by atoms with E-state index in [0.29, 0.717) is 35.9 Å². The molecule has 1 N–H and O–H groups in total. The van der Waals surface area contributed by atoms with Crippen LogP contribution in [0.3, 0.4) is 0 Å². The van der Waals surface area contributed by atoms with Gasteiger partial charge in [0.15, 0.2) is 0 Å². The third-order valence-corrected chi connectivity index (χ3v) is 5.54. The van der Waals surface area contributed by atoms with Crippen LogP contribution in [0.2, 0.25) is 5.02 Å². The minimum Gasteiger partial charge on any atom is -0.385 e. The number of nitrogens with one attached hydrogen (secondary N) is 1. The van der Waals surface area contributed by atoms with Gasteiger partial charge in [-0.1, -0.05) is 35.9 Å². The van der Waals surface area contributed by atoms with E-state index in [4.69, 9.17) is 16.3 Å². The number of amides is 2. The zero-order valence-electron chi connectivity index (χ0n) is 17.1. The Hall–Kier alpha value is -2.63. The number of methoxy groups -OCH3 is 1. The van der Waals surface area contributed by atoms with Gasteiger partial charge in [-0.15, -0.1) is 0 Å². The molecule has 0 aliphatic carbocycles. The topological polar surface area (TPSA) is 58.6 Å². The number of aryl methyl sites for hydroxylation is 3. The van der Waals surface area contributed by atoms with Crippen LogP contribution in [0.5, 0.6) is 0 Å². The van der Waals surface area contributed by atoms with Gasteiger partial charge < -0.3 is 10.1 Å². The van der Waals surface area contributed by atoms with Gasteiger partial charge in [-0.2, -0.15) is 0 Å². The minimum atomic E-state index is -0.337. The number of imide groups is 1. The van der Waals surface area contributed by atoms with Crippen molar-refractivity contribution in [1.29, 1.82) is 0 Å². The lowest BCUT2D eigenvalue weighted by Gasteiger charge is -2.15. The van der Waals surface area contributed by atoms with Crippen molar-refractivity contribution in [1.82, 2.24) is 4.90 Å². The van der Waals surface area contributed by atoms with Crippen LogP contribution in [-0.2, 0) is 14.3 Å². The molecule has 3 rings (SSSR count). The Morgan fingerprint density at radius 2 is 1.69 bits per heavy atom. The molecule has 0 spiro atoms. The fourth-order valence-electron chi connectivity index (χ4n) is 3.24. The van der Waals surface area contributed by atoms with Crippen LogP contribution in [0, 0.1) is 20.8 Å². The van der Waals surface area contributed by atoms with Crippen molar-refractivity contribution in [3.8, 4) is 0 Å². The Morgan fingerprint density at radius 1 is 0.966 bits per heavy atom. The number of rotatable bonds is 7. The molecule has 2 aromatic rings. The average molecular weight is 413 g/mol. The Balaban J connectivity index is 2.03.